The molecule has 1 heterocycles. The maximum absolute atomic E-state index is 12.3. The number of aromatic carboxylic acids is 1. The lowest BCUT2D eigenvalue weighted by Gasteiger charge is -2.15. The Morgan fingerprint density at radius 2 is 1.91 bits per heavy atom. The fraction of sp³-hybridized carbons (Fsp3) is 0.227. The Balaban J connectivity index is 1.67. The lowest BCUT2D eigenvalue weighted by molar-refractivity contribution is -0.255. The fourth-order valence-electron chi connectivity index (χ4n) is 3.01. The number of methoxy groups -OCH3 is 2. The van der Waals surface area contributed by atoms with E-state index >= 15 is 0 Å². The van der Waals surface area contributed by atoms with Crippen LogP contribution in [0.2, 0.25) is 0 Å². The maximum Gasteiger partial charge on any atom is 0.240 e. The van der Waals surface area contributed by atoms with Crippen LogP contribution in [0.5, 0.6) is 11.5 Å². The highest BCUT2D eigenvalue weighted by Gasteiger charge is 2.32. The topological polar surface area (TPSA) is 142 Å². The summed E-state index contributed by atoms with van der Waals surface area (Å²) in [5, 5.41) is 24.2. The molecule has 172 valence electrons. The Hall–Kier alpha value is -3.86. The zero-order valence-electron chi connectivity index (χ0n) is 18.1. The largest absolute Gasteiger partial charge is 0.545 e. The number of amides is 2. The van der Waals surface area contributed by atoms with Crippen molar-refractivity contribution in [3.8, 4) is 11.5 Å². The van der Waals surface area contributed by atoms with Crippen LogP contribution in [0.3, 0.4) is 0 Å². The number of aryl methyl sites for hydroxylation is 1. The second-order valence-corrected chi connectivity index (χ2v) is 8.11. The van der Waals surface area contributed by atoms with Gasteiger partial charge in [-0.1, -0.05) is 29.5 Å². The summed E-state index contributed by atoms with van der Waals surface area (Å²) in [4.78, 5) is 36.0. The van der Waals surface area contributed by atoms with Crippen LogP contribution in [-0.2, 0) is 9.59 Å². The Labute approximate surface area is 194 Å². The molecule has 2 aromatic rings. The van der Waals surface area contributed by atoms with Crippen molar-refractivity contribution in [1.82, 2.24) is 5.32 Å². The summed E-state index contributed by atoms with van der Waals surface area (Å²) < 4.78 is 10.2. The number of hydrogen-bond donors (Lipinski definition) is 2. The number of hydrogen-bond acceptors (Lipinski definition) is 9. The molecule has 0 radical (unpaired) electrons. The van der Waals surface area contributed by atoms with Gasteiger partial charge in [-0.05, 0) is 31.2 Å². The van der Waals surface area contributed by atoms with E-state index in [0.29, 0.717) is 5.69 Å². The molecule has 0 aliphatic carbocycles. The SMILES string of the molecule is COc1ccc(C=N/N=C2\NC(=O)[C@H](CC(=O)Nc3ccc(C)cc3)S2)c(C(=O)[O-])c1OC. The minimum Gasteiger partial charge on any atom is -0.545 e. The fourth-order valence-corrected chi connectivity index (χ4v) is 3.93. The molecule has 1 fully saturated rings. The van der Waals surface area contributed by atoms with Gasteiger partial charge in [-0.3, -0.25) is 9.59 Å². The van der Waals surface area contributed by atoms with Crippen LogP contribution >= 0.6 is 11.8 Å². The van der Waals surface area contributed by atoms with Crippen molar-refractivity contribution in [1.29, 1.82) is 0 Å². The average molecular weight is 469 g/mol. The van der Waals surface area contributed by atoms with Crippen LogP contribution in [0.1, 0.15) is 27.9 Å². The number of carbonyl (C=O) groups is 3. The van der Waals surface area contributed by atoms with Crippen LogP contribution < -0.4 is 25.2 Å². The first-order valence-corrected chi connectivity index (χ1v) is 10.6. The van der Waals surface area contributed by atoms with E-state index in [4.69, 9.17) is 9.47 Å². The quantitative estimate of drug-likeness (QED) is 0.439. The monoisotopic (exact) mass is 469 g/mol. The first-order chi connectivity index (χ1) is 15.8. The van der Waals surface area contributed by atoms with Crippen LogP contribution in [0.15, 0.2) is 46.6 Å². The number of rotatable bonds is 8. The number of anilines is 1. The molecule has 2 amide bonds. The normalized spacial score (nSPS) is 16.6. The number of amidine groups is 1. The molecule has 1 aliphatic rings. The van der Waals surface area contributed by atoms with Crippen LogP contribution in [0.25, 0.3) is 0 Å². The van der Waals surface area contributed by atoms with Gasteiger partial charge in [-0.15, -0.1) is 5.10 Å². The molecular formula is C22H21N4O6S-. The molecule has 1 aliphatic heterocycles. The number of carboxylic acids is 1. The standard InChI is InChI=1S/C22H22N4O6S/c1-12-4-7-14(8-5-12)24-17(27)10-16-20(28)25-22(33-16)26-23-11-13-6-9-15(31-2)19(32-3)18(13)21(29)30/h4-9,11,16H,10H2,1-3H3,(H,24,27)(H,29,30)(H,25,26,28)/p-1/t16-/m0/s1. The van der Waals surface area contributed by atoms with Crippen molar-refractivity contribution in [2.24, 2.45) is 10.2 Å². The number of benzene rings is 2. The minimum absolute atomic E-state index is 0.00250. The van der Waals surface area contributed by atoms with Gasteiger partial charge in [0.15, 0.2) is 16.7 Å². The van der Waals surface area contributed by atoms with Crippen molar-refractivity contribution in [3.63, 3.8) is 0 Å². The predicted molar refractivity (Wildman–Crippen MR) is 123 cm³/mol. The van der Waals surface area contributed by atoms with Crippen LogP contribution in [0, 0.1) is 6.92 Å². The van der Waals surface area contributed by atoms with E-state index in [2.05, 4.69) is 20.8 Å². The number of carboxylic acid groups (broad SMARTS) is 1. The van der Waals surface area contributed by atoms with Gasteiger partial charge in [-0.25, -0.2) is 0 Å². The zero-order valence-corrected chi connectivity index (χ0v) is 18.9. The van der Waals surface area contributed by atoms with Gasteiger partial charge >= 0.3 is 0 Å². The van der Waals surface area contributed by atoms with E-state index in [-0.39, 0.29) is 46.0 Å². The number of carbonyl (C=O) groups excluding carboxylic acids is 3. The third kappa shape index (κ3) is 5.89. The summed E-state index contributed by atoms with van der Waals surface area (Å²) in [7, 11) is 2.69. The molecule has 10 nitrogen and oxygen atoms in total. The number of nitrogens with one attached hydrogen (secondary N) is 2. The summed E-state index contributed by atoms with van der Waals surface area (Å²) in [6, 6.07) is 10.3. The summed E-state index contributed by atoms with van der Waals surface area (Å²) in [5.74, 6) is -1.92. The van der Waals surface area contributed by atoms with Crippen molar-refractivity contribution in [2.45, 2.75) is 18.6 Å². The Morgan fingerprint density at radius 3 is 2.55 bits per heavy atom. The molecule has 1 atom stereocenters. The van der Waals surface area contributed by atoms with Crippen molar-refractivity contribution >= 4 is 46.6 Å². The first kappa shape index (κ1) is 23.8. The van der Waals surface area contributed by atoms with Gasteiger partial charge in [0, 0.05) is 17.7 Å². The Morgan fingerprint density at radius 1 is 1.18 bits per heavy atom. The first-order valence-electron chi connectivity index (χ1n) is 9.73. The third-order valence-corrected chi connectivity index (χ3v) is 5.68. The summed E-state index contributed by atoms with van der Waals surface area (Å²) in [6.07, 6.45) is 1.15. The molecule has 33 heavy (non-hydrogen) atoms. The van der Waals surface area contributed by atoms with E-state index in [1.807, 2.05) is 19.1 Å². The summed E-state index contributed by atoms with van der Waals surface area (Å²) in [6.45, 7) is 1.94. The Bertz CT molecular complexity index is 1130. The highest BCUT2D eigenvalue weighted by Crippen LogP contribution is 2.32. The highest BCUT2D eigenvalue weighted by molar-refractivity contribution is 8.15. The number of nitrogens with zero attached hydrogens (tertiary/aromatic N) is 2. The lowest BCUT2D eigenvalue weighted by Crippen LogP contribution is -2.28. The van der Waals surface area contributed by atoms with Gasteiger partial charge in [0.25, 0.3) is 0 Å². The van der Waals surface area contributed by atoms with E-state index in [1.54, 1.807) is 12.1 Å². The molecule has 0 unspecified atom stereocenters. The highest BCUT2D eigenvalue weighted by atomic mass is 32.2. The van der Waals surface area contributed by atoms with Crippen molar-refractivity contribution < 1.29 is 29.0 Å². The van der Waals surface area contributed by atoms with Gasteiger partial charge in [-0.2, -0.15) is 5.10 Å². The van der Waals surface area contributed by atoms with E-state index < -0.39 is 11.2 Å². The zero-order chi connectivity index (χ0) is 24.0. The second-order valence-electron chi connectivity index (χ2n) is 6.92. The lowest BCUT2D eigenvalue weighted by atomic mass is 10.1. The minimum atomic E-state index is -1.47. The van der Waals surface area contributed by atoms with Crippen LogP contribution in [0.4, 0.5) is 5.69 Å². The third-order valence-electron chi connectivity index (χ3n) is 4.61. The summed E-state index contributed by atoms with van der Waals surface area (Å²) in [5.41, 5.74) is 1.65. The molecule has 2 N–H and O–H groups in total. The molecular weight excluding hydrogens is 448 g/mol. The second kappa shape index (κ2) is 10.6. The summed E-state index contributed by atoms with van der Waals surface area (Å²) >= 11 is 1.06. The molecule has 11 heteroatoms. The van der Waals surface area contributed by atoms with E-state index in [1.165, 1.54) is 32.6 Å². The van der Waals surface area contributed by atoms with Crippen molar-refractivity contribution in [3.05, 3.63) is 53.1 Å². The molecule has 0 bridgehead atoms. The smallest absolute Gasteiger partial charge is 0.240 e. The average Bonchev–Trinajstić information content (AvgIpc) is 3.13. The predicted octanol–water partition coefficient (Wildman–Crippen LogP) is 1.33. The van der Waals surface area contributed by atoms with Gasteiger partial charge in [0.1, 0.15) is 5.25 Å². The molecule has 2 aromatic carbocycles. The van der Waals surface area contributed by atoms with E-state index in [0.717, 1.165) is 17.3 Å². The number of thioether (sulfide) groups is 1. The molecule has 0 aromatic heterocycles. The maximum atomic E-state index is 12.3. The molecule has 0 spiro atoms. The van der Waals surface area contributed by atoms with Crippen LogP contribution in [-0.4, -0.2) is 48.6 Å². The molecule has 1 saturated heterocycles. The van der Waals surface area contributed by atoms with Gasteiger partial charge < -0.3 is 30.0 Å². The number of ether oxygens (including phenoxy) is 2. The van der Waals surface area contributed by atoms with Gasteiger partial charge in [0.05, 0.1) is 32.0 Å². The molecule has 3 rings (SSSR count). The Kier molecular flexibility index (Phi) is 7.67. The van der Waals surface area contributed by atoms with Crippen molar-refractivity contribution in [2.75, 3.05) is 19.5 Å². The van der Waals surface area contributed by atoms with E-state index in [9.17, 15) is 19.5 Å². The molecule has 0 saturated carbocycles. The van der Waals surface area contributed by atoms with Gasteiger partial charge in [0.2, 0.25) is 11.8 Å².